The van der Waals surface area contributed by atoms with Gasteiger partial charge in [-0.05, 0) is 26.0 Å². The molecule has 0 fully saturated rings. The number of hydrogen-bond donors (Lipinski definition) is 1. The van der Waals surface area contributed by atoms with E-state index in [2.05, 4.69) is 0 Å². The quantitative estimate of drug-likeness (QED) is 0.674. The predicted octanol–water partition coefficient (Wildman–Crippen LogP) is 3.23. The lowest BCUT2D eigenvalue weighted by Crippen LogP contribution is -2.23. The van der Waals surface area contributed by atoms with Gasteiger partial charge in [0.15, 0.2) is 6.10 Å². The number of rotatable bonds is 4. The largest absolute Gasteiger partial charge is 0.482 e. The van der Waals surface area contributed by atoms with E-state index in [4.69, 9.17) is 10.5 Å². The molecule has 0 aliphatic carbocycles. The summed E-state index contributed by atoms with van der Waals surface area (Å²) < 4.78 is 5.61. The second-order valence-electron chi connectivity index (χ2n) is 4.56. The van der Waals surface area contributed by atoms with Crippen molar-refractivity contribution in [2.45, 2.75) is 20.0 Å². The van der Waals surface area contributed by atoms with E-state index in [1.54, 1.807) is 31.2 Å². The fourth-order valence-electron chi connectivity index (χ4n) is 1.80. The van der Waals surface area contributed by atoms with E-state index >= 15 is 0 Å². The second kappa shape index (κ2) is 5.57. The van der Waals surface area contributed by atoms with E-state index in [0.29, 0.717) is 17.0 Å². The Kier molecular flexibility index (Phi) is 3.85. The maximum absolute atomic E-state index is 12.2. The smallest absolute Gasteiger partial charge is 0.202 e. The molecule has 98 valence electrons. The van der Waals surface area contributed by atoms with Crippen molar-refractivity contribution in [3.63, 3.8) is 0 Å². The van der Waals surface area contributed by atoms with Gasteiger partial charge in [-0.2, -0.15) is 0 Å². The van der Waals surface area contributed by atoms with Crippen LogP contribution in [-0.2, 0) is 0 Å². The third-order valence-electron chi connectivity index (χ3n) is 2.88. The number of Topliss-reactive ketones (excluding diaryl/α,β-unsaturated/α-hetero) is 1. The number of carbonyl (C=O) groups is 1. The van der Waals surface area contributed by atoms with Gasteiger partial charge < -0.3 is 10.5 Å². The first-order valence-corrected chi connectivity index (χ1v) is 6.19. The van der Waals surface area contributed by atoms with Crippen LogP contribution in [0.2, 0.25) is 0 Å². The van der Waals surface area contributed by atoms with Gasteiger partial charge in [-0.25, -0.2) is 0 Å². The van der Waals surface area contributed by atoms with Crippen LogP contribution in [0.25, 0.3) is 0 Å². The molecule has 0 spiro atoms. The lowest BCUT2D eigenvalue weighted by molar-refractivity contribution is 0.0818. The second-order valence-corrected chi connectivity index (χ2v) is 4.56. The number of ether oxygens (including phenoxy) is 1. The van der Waals surface area contributed by atoms with Gasteiger partial charge in [0.1, 0.15) is 5.75 Å². The molecule has 2 N–H and O–H groups in total. The fourth-order valence-corrected chi connectivity index (χ4v) is 1.80. The van der Waals surface area contributed by atoms with E-state index in [0.717, 1.165) is 5.56 Å². The highest BCUT2D eigenvalue weighted by molar-refractivity contribution is 5.99. The molecule has 2 aromatic rings. The molecule has 1 unspecified atom stereocenters. The van der Waals surface area contributed by atoms with Gasteiger partial charge >= 0.3 is 0 Å². The zero-order chi connectivity index (χ0) is 13.8. The van der Waals surface area contributed by atoms with Crippen LogP contribution < -0.4 is 10.5 Å². The average Bonchev–Trinajstić information content (AvgIpc) is 2.39. The number of ketones is 1. The number of anilines is 1. The summed E-state index contributed by atoms with van der Waals surface area (Å²) in [6.45, 7) is 3.73. The fraction of sp³-hybridized carbons (Fsp3) is 0.188. The Morgan fingerprint density at radius 3 is 2.47 bits per heavy atom. The molecule has 0 saturated heterocycles. The van der Waals surface area contributed by atoms with Gasteiger partial charge in [0.05, 0.1) is 0 Å². The summed E-state index contributed by atoms with van der Waals surface area (Å²) >= 11 is 0. The number of hydrogen-bond acceptors (Lipinski definition) is 3. The molecular formula is C16H17NO2. The molecule has 0 aromatic heterocycles. The van der Waals surface area contributed by atoms with E-state index in [9.17, 15) is 4.79 Å². The Labute approximate surface area is 113 Å². The number of carbonyl (C=O) groups excluding carboxylic acids is 1. The summed E-state index contributed by atoms with van der Waals surface area (Å²) in [4.78, 5) is 12.2. The van der Waals surface area contributed by atoms with Crippen LogP contribution in [-0.4, -0.2) is 11.9 Å². The van der Waals surface area contributed by atoms with Crippen molar-refractivity contribution in [3.05, 3.63) is 59.7 Å². The van der Waals surface area contributed by atoms with Crippen molar-refractivity contribution in [2.75, 3.05) is 5.73 Å². The van der Waals surface area contributed by atoms with Gasteiger partial charge in [0, 0.05) is 17.3 Å². The highest BCUT2D eigenvalue weighted by atomic mass is 16.5. The minimum Gasteiger partial charge on any atom is -0.482 e. The highest BCUT2D eigenvalue weighted by Gasteiger charge is 2.16. The van der Waals surface area contributed by atoms with Crippen LogP contribution in [0.3, 0.4) is 0 Å². The van der Waals surface area contributed by atoms with Crippen molar-refractivity contribution in [3.8, 4) is 5.75 Å². The van der Waals surface area contributed by atoms with Crippen LogP contribution in [0.5, 0.6) is 5.75 Å². The first-order valence-electron chi connectivity index (χ1n) is 6.19. The summed E-state index contributed by atoms with van der Waals surface area (Å²) in [7, 11) is 0. The summed E-state index contributed by atoms with van der Waals surface area (Å²) in [5.41, 5.74) is 8.07. The monoisotopic (exact) mass is 255 g/mol. The average molecular weight is 255 g/mol. The standard InChI is InChI=1S/C16H17NO2/c1-11-6-8-13(9-7-11)16(18)12(2)19-15-5-3-4-14(17)10-15/h3-10,12H,17H2,1-2H3. The minimum atomic E-state index is -0.537. The number of nitrogens with two attached hydrogens (primary N) is 1. The third-order valence-corrected chi connectivity index (χ3v) is 2.88. The van der Waals surface area contributed by atoms with Gasteiger partial charge in [-0.1, -0.05) is 35.9 Å². The first-order chi connectivity index (χ1) is 9.06. The Morgan fingerprint density at radius 1 is 1.16 bits per heavy atom. The first kappa shape index (κ1) is 13.1. The van der Waals surface area contributed by atoms with Crippen molar-refractivity contribution < 1.29 is 9.53 Å². The van der Waals surface area contributed by atoms with Gasteiger partial charge in [0.25, 0.3) is 0 Å². The lowest BCUT2D eigenvalue weighted by Gasteiger charge is -2.14. The van der Waals surface area contributed by atoms with E-state index in [1.165, 1.54) is 0 Å². The molecule has 2 aromatic carbocycles. The van der Waals surface area contributed by atoms with Crippen LogP contribution in [0.1, 0.15) is 22.8 Å². The van der Waals surface area contributed by atoms with Crippen LogP contribution in [0, 0.1) is 6.92 Å². The van der Waals surface area contributed by atoms with E-state index in [1.807, 2.05) is 31.2 Å². The van der Waals surface area contributed by atoms with E-state index < -0.39 is 6.10 Å². The number of benzene rings is 2. The summed E-state index contributed by atoms with van der Waals surface area (Å²) in [6, 6.07) is 14.5. The molecule has 1 atom stereocenters. The number of aryl methyl sites for hydroxylation is 1. The van der Waals surface area contributed by atoms with Gasteiger partial charge in [-0.15, -0.1) is 0 Å². The van der Waals surface area contributed by atoms with Crippen molar-refractivity contribution >= 4 is 11.5 Å². The topological polar surface area (TPSA) is 52.3 Å². The molecule has 0 amide bonds. The minimum absolute atomic E-state index is 0.0394. The normalized spacial score (nSPS) is 11.9. The summed E-state index contributed by atoms with van der Waals surface area (Å²) in [5.74, 6) is 0.565. The Bertz CT molecular complexity index is 576. The van der Waals surface area contributed by atoms with Crippen molar-refractivity contribution in [2.24, 2.45) is 0 Å². The van der Waals surface area contributed by atoms with Crippen LogP contribution >= 0.6 is 0 Å². The van der Waals surface area contributed by atoms with Crippen LogP contribution in [0.15, 0.2) is 48.5 Å². The SMILES string of the molecule is Cc1ccc(C(=O)C(C)Oc2cccc(N)c2)cc1. The Hall–Kier alpha value is -2.29. The molecular weight excluding hydrogens is 238 g/mol. The van der Waals surface area contributed by atoms with Crippen molar-refractivity contribution in [1.82, 2.24) is 0 Å². The van der Waals surface area contributed by atoms with E-state index in [-0.39, 0.29) is 5.78 Å². The zero-order valence-electron chi connectivity index (χ0n) is 11.1. The Morgan fingerprint density at radius 2 is 1.84 bits per heavy atom. The summed E-state index contributed by atoms with van der Waals surface area (Å²) in [6.07, 6.45) is -0.537. The predicted molar refractivity (Wildman–Crippen MR) is 76.5 cm³/mol. The maximum atomic E-state index is 12.2. The molecule has 0 heterocycles. The maximum Gasteiger partial charge on any atom is 0.202 e. The molecule has 3 heteroatoms. The molecule has 0 radical (unpaired) electrons. The lowest BCUT2D eigenvalue weighted by atomic mass is 10.1. The molecule has 0 aliphatic rings. The molecule has 2 rings (SSSR count). The molecule has 0 aliphatic heterocycles. The Balaban J connectivity index is 2.09. The zero-order valence-corrected chi connectivity index (χ0v) is 11.1. The molecule has 3 nitrogen and oxygen atoms in total. The van der Waals surface area contributed by atoms with Gasteiger partial charge in [0.2, 0.25) is 5.78 Å². The van der Waals surface area contributed by atoms with Gasteiger partial charge in [-0.3, -0.25) is 4.79 Å². The third kappa shape index (κ3) is 3.35. The highest BCUT2D eigenvalue weighted by Crippen LogP contribution is 2.17. The van der Waals surface area contributed by atoms with Crippen LogP contribution in [0.4, 0.5) is 5.69 Å². The summed E-state index contributed by atoms with van der Waals surface area (Å²) in [5, 5.41) is 0. The van der Waals surface area contributed by atoms with Crippen molar-refractivity contribution in [1.29, 1.82) is 0 Å². The molecule has 0 bridgehead atoms. The molecule has 0 saturated carbocycles. The number of nitrogen functional groups attached to an aromatic ring is 1. The molecule has 19 heavy (non-hydrogen) atoms.